The van der Waals surface area contributed by atoms with Crippen molar-refractivity contribution in [2.24, 2.45) is 7.05 Å². The van der Waals surface area contributed by atoms with Crippen LogP contribution in [0.2, 0.25) is 0 Å². The zero-order chi connectivity index (χ0) is 14.7. The fraction of sp³-hybridized carbons (Fsp3) is 0.263. The first-order chi connectivity index (χ1) is 10.8. The third-order valence-electron chi connectivity index (χ3n) is 5.18. The molecule has 2 aliphatic heterocycles. The van der Waals surface area contributed by atoms with E-state index in [2.05, 4.69) is 60.1 Å². The number of thioether (sulfide) groups is 1. The average Bonchev–Trinajstić information content (AvgIpc) is 3.07. The van der Waals surface area contributed by atoms with E-state index < -0.39 is 0 Å². The molecule has 3 heterocycles. The predicted octanol–water partition coefficient (Wildman–Crippen LogP) is 4.35. The summed E-state index contributed by atoms with van der Waals surface area (Å²) < 4.78 is 8.45. The zero-order valence-corrected chi connectivity index (χ0v) is 13.3. The first-order valence-corrected chi connectivity index (χ1v) is 8.73. The predicted molar refractivity (Wildman–Crippen MR) is 91.0 cm³/mol. The molecule has 0 N–H and O–H groups in total. The first-order valence-electron chi connectivity index (χ1n) is 7.74. The van der Waals surface area contributed by atoms with Gasteiger partial charge in [0, 0.05) is 34.8 Å². The molecule has 0 aliphatic carbocycles. The highest BCUT2D eigenvalue weighted by molar-refractivity contribution is 7.99. The maximum absolute atomic E-state index is 6.09. The van der Waals surface area contributed by atoms with Crippen LogP contribution in [0.1, 0.15) is 17.5 Å². The molecule has 1 aromatic heterocycles. The molecular weight excluding hydrogens is 290 g/mol. The number of benzene rings is 2. The summed E-state index contributed by atoms with van der Waals surface area (Å²) >= 11 is 1.98. The van der Waals surface area contributed by atoms with Crippen LogP contribution in [-0.2, 0) is 12.5 Å². The standard InChI is InChI=1S/C19H17NOS/c1-20-15-8-4-2-6-13(15)17-18(20)22-11-10-19(17)12-21-16-9-5-3-7-14(16)19/h2-9H,10-12H2,1H3. The summed E-state index contributed by atoms with van der Waals surface area (Å²) in [7, 11) is 2.19. The third-order valence-corrected chi connectivity index (χ3v) is 6.34. The van der Waals surface area contributed by atoms with Gasteiger partial charge in [-0.25, -0.2) is 0 Å². The lowest BCUT2D eigenvalue weighted by atomic mass is 9.73. The van der Waals surface area contributed by atoms with E-state index >= 15 is 0 Å². The van der Waals surface area contributed by atoms with Gasteiger partial charge in [0.1, 0.15) is 12.4 Å². The highest BCUT2D eigenvalue weighted by atomic mass is 32.2. The molecule has 0 saturated heterocycles. The number of ether oxygens (including phenoxy) is 1. The Labute approximate surface area is 134 Å². The molecule has 0 amide bonds. The van der Waals surface area contributed by atoms with Crippen LogP contribution >= 0.6 is 11.8 Å². The van der Waals surface area contributed by atoms with Crippen molar-refractivity contribution in [3.05, 3.63) is 59.7 Å². The van der Waals surface area contributed by atoms with E-state index in [1.54, 1.807) is 0 Å². The lowest BCUT2D eigenvalue weighted by Crippen LogP contribution is -2.33. The van der Waals surface area contributed by atoms with E-state index in [0.717, 1.165) is 24.5 Å². The zero-order valence-electron chi connectivity index (χ0n) is 12.5. The maximum atomic E-state index is 6.09. The Bertz CT molecular complexity index is 898. The molecule has 0 saturated carbocycles. The summed E-state index contributed by atoms with van der Waals surface area (Å²) in [4.78, 5) is 0. The summed E-state index contributed by atoms with van der Waals surface area (Å²) in [6, 6.07) is 17.3. The number of nitrogens with zero attached hydrogens (tertiary/aromatic N) is 1. The van der Waals surface area contributed by atoms with Crippen LogP contribution in [0.5, 0.6) is 5.75 Å². The van der Waals surface area contributed by atoms with Crippen LogP contribution < -0.4 is 4.74 Å². The van der Waals surface area contributed by atoms with Gasteiger partial charge in [-0.3, -0.25) is 0 Å². The summed E-state index contributed by atoms with van der Waals surface area (Å²) in [5.41, 5.74) is 4.20. The molecule has 3 heteroatoms. The molecule has 2 aromatic carbocycles. The quantitative estimate of drug-likeness (QED) is 0.613. The molecular formula is C19H17NOS. The largest absolute Gasteiger partial charge is 0.492 e. The molecule has 1 unspecified atom stereocenters. The van der Waals surface area contributed by atoms with Crippen LogP contribution in [0.15, 0.2) is 53.6 Å². The Morgan fingerprint density at radius 3 is 2.86 bits per heavy atom. The fourth-order valence-corrected chi connectivity index (χ4v) is 5.51. The van der Waals surface area contributed by atoms with E-state index in [-0.39, 0.29) is 5.41 Å². The molecule has 5 rings (SSSR count). The van der Waals surface area contributed by atoms with Gasteiger partial charge < -0.3 is 9.30 Å². The number of para-hydroxylation sites is 2. The number of hydrogen-bond donors (Lipinski definition) is 0. The molecule has 1 atom stereocenters. The van der Waals surface area contributed by atoms with Crippen LogP contribution in [0, 0.1) is 0 Å². The van der Waals surface area contributed by atoms with Gasteiger partial charge in [0.2, 0.25) is 0 Å². The lowest BCUT2D eigenvalue weighted by molar-refractivity contribution is 0.285. The average molecular weight is 307 g/mol. The topological polar surface area (TPSA) is 14.2 Å². The number of aryl methyl sites for hydroxylation is 1. The maximum Gasteiger partial charge on any atom is 0.123 e. The van der Waals surface area contributed by atoms with Crippen molar-refractivity contribution in [1.29, 1.82) is 0 Å². The van der Waals surface area contributed by atoms with Crippen LogP contribution in [0.25, 0.3) is 10.9 Å². The van der Waals surface area contributed by atoms with Crippen molar-refractivity contribution in [3.63, 3.8) is 0 Å². The molecule has 0 fully saturated rings. The van der Waals surface area contributed by atoms with E-state index in [0.29, 0.717) is 0 Å². The second kappa shape index (κ2) is 4.32. The van der Waals surface area contributed by atoms with Gasteiger partial charge in [-0.05, 0) is 18.6 Å². The second-order valence-corrected chi connectivity index (χ2v) is 7.31. The minimum Gasteiger partial charge on any atom is -0.492 e. The van der Waals surface area contributed by atoms with Crippen LogP contribution in [0.4, 0.5) is 0 Å². The Balaban J connectivity index is 1.89. The van der Waals surface area contributed by atoms with Gasteiger partial charge in [-0.2, -0.15) is 0 Å². The highest BCUT2D eigenvalue weighted by Gasteiger charge is 2.47. The number of aromatic nitrogens is 1. The number of rotatable bonds is 0. The van der Waals surface area contributed by atoms with Crippen molar-refractivity contribution in [3.8, 4) is 5.75 Å². The van der Waals surface area contributed by atoms with Crippen molar-refractivity contribution < 1.29 is 4.74 Å². The van der Waals surface area contributed by atoms with Crippen molar-refractivity contribution in [1.82, 2.24) is 4.57 Å². The van der Waals surface area contributed by atoms with Crippen molar-refractivity contribution in [2.45, 2.75) is 16.9 Å². The van der Waals surface area contributed by atoms with E-state index in [1.807, 2.05) is 11.8 Å². The van der Waals surface area contributed by atoms with E-state index in [9.17, 15) is 0 Å². The number of fused-ring (bicyclic) bond motifs is 6. The molecule has 22 heavy (non-hydrogen) atoms. The molecule has 1 spiro atoms. The fourth-order valence-electron chi connectivity index (χ4n) is 4.13. The molecule has 2 nitrogen and oxygen atoms in total. The lowest BCUT2D eigenvalue weighted by Gasteiger charge is -2.33. The second-order valence-electron chi connectivity index (χ2n) is 6.22. The van der Waals surface area contributed by atoms with Gasteiger partial charge in [0.15, 0.2) is 0 Å². The SMILES string of the molecule is Cn1c2c(c3ccccc31)C1(CCS2)COc2ccccc21. The van der Waals surface area contributed by atoms with Crippen molar-refractivity contribution >= 4 is 22.7 Å². The normalized spacial score (nSPS) is 22.6. The van der Waals surface area contributed by atoms with E-state index in [4.69, 9.17) is 4.74 Å². The molecule has 0 radical (unpaired) electrons. The summed E-state index contributed by atoms with van der Waals surface area (Å²) in [6.07, 6.45) is 1.15. The Morgan fingerprint density at radius 1 is 1.09 bits per heavy atom. The monoisotopic (exact) mass is 307 g/mol. The summed E-state index contributed by atoms with van der Waals surface area (Å²) in [6.45, 7) is 0.772. The van der Waals surface area contributed by atoms with Gasteiger partial charge in [-0.1, -0.05) is 36.4 Å². The summed E-state index contributed by atoms with van der Waals surface area (Å²) in [5, 5.41) is 2.79. The minimum atomic E-state index is 0.0258. The van der Waals surface area contributed by atoms with Gasteiger partial charge in [-0.15, -0.1) is 11.8 Å². The van der Waals surface area contributed by atoms with Crippen LogP contribution in [-0.4, -0.2) is 16.9 Å². The summed E-state index contributed by atoms with van der Waals surface area (Å²) in [5.74, 6) is 2.21. The van der Waals surface area contributed by atoms with Gasteiger partial charge in [0.25, 0.3) is 0 Å². The number of hydrogen-bond acceptors (Lipinski definition) is 2. The third kappa shape index (κ3) is 1.42. The molecule has 110 valence electrons. The van der Waals surface area contributed by atoms with Gasteiger partial charge in [0.05, 0.1) is 10.4 Å². The Hall–Kier alpha value is -1.87. The van der Waals surface area contributed by atoms with Gasteiger partial charge >= 0.3 is 0 Å². The molecule has 2 aliphatic rings. The first kappa shape index (κ1) is 12.7. The Morgan fingerprint density at radius 2 is 1.91 bits per heavy atom. The molecule has 3 aromatic rings. The minimum absolute atomic E-state index is 0.0258. The Kier molecular flexibility index (Phi) is 2.49. The smallest absolute Gasteiger partial charge is 0.123 e. The highest BCUT2D eigenvalue weighted by Crippen LogP contribution is 2.54. The molecule has 0 bridgehead atoms. The van der Waals surface area contributed by atoms with Crippen molar-refractivity contribution in [2.75, 3.05) is 12.4 Å². The van der Waals surface area contributed by atoms with E-state index in [1.165, 1.54) is 27.1 Å². The van der Waals surface area contributed by atoms with Crippen LogP contribution in [0.3, 0.4) is 0 Å².